The van der Waals surface area contributed by atoms with Gasteiger partial charge in [-0.2, -0.15) is 0 Å². The SMILES string of the molecule is CC(=O)N(CC(=O)O)CC1C[C@@H](C)[C@H]2C(O1)[C@H](O)[C@@]1(C)C3CCC4C(C)(C)[C@@H](O[C@H]5CN(C(=O)CC6CC6)CCO5)CC[C@@]45CC35CC[C@]21C. The largest absolute Gasteiger partial charge is 0.480 e. The molecule has 6 saturated carbocycles. The van der Waals surface area contributed by atoms with Crippen LogP contribution in [-0.2, 0) is 28.6 Å². The molecule has 10 nitrogen and oxygen atoms in total. The summed E-state index contributed by atoms with van der Waals surface area (Å²) in [4.78, 5) is 40.0. The Balaban J connectivity index is 0.987. The van der Waals surface area contributed by atoms with E-state index in [0.29, 0.717) is 49.8 Å². The van der Waals surface area contributed by atoms with Gasteiger partial charge in [0, 0.05) is 31.8 Å². The Kier molecular flexibility index (Phi) is 8.38. The van der Waals surface area contributed by atoms with Gasteiger partial charge < -0.3 is 34.2 Å². The lowest BCUT2D eigenvalue weighted by Gasteiger charge is -2.64. The van der Waals surface area contributed by atoms with Gasteiger partial charge in [-0.1, -0.05) is 34.6 Å². The number of rotatable bonds is 8. The van der Waals surface area contributed by atoms with Crippen molar-refractivity contribution in [2.45, 2.75) is 143 Å². The number of amides is 2. The van der Waals surface area contributed by atoms with E-state index in [0.717, 1.165) is 38.5 Å². The molecule has 2 N–H and O–H groups in total. The Morgan fingerprint density at radius 3 is 2.40 bits per heavy atom. The fraction of sp³-hybridized carbons (Fsp3) is 0.925. The Bertz CT molecular complexity index is 1400. The van der Waals surface area contributed by atoms with Crippen LogP contribution in [0.3, 0.4) is 0 Å². The van der Waals surface area contributed by atoms with Crippen molar-refractivity contribution in [2.75, 3.05) is 32.8 Å². The van der Waals surface area contributed by atoms with Crippen molar-refractivity contribution in [3.05, 3.63) is 0 Å². The first-order chi connectivity index (χ1) is 23.6. The van der Waals surface area contributed by atoms with Crippen LogP contribution >= 0.6 is 0 Å². The van der Waals surface area contributed by atoms with Crippen molar-refractivity contribution in [2.24, 2.45) is 56.7 Å². The van der Waals surface area contributed by atoms with Gasteiger partial charge in [0.05, 0.1) is 37.6 Å². The predicted molar refractivity (Wildman–Crippen MR) is 185 cm³/mol. The molecular formula is C40H62N2O8. The minimum atomic E-state index is -1.03. The number of hydrogen-bond donors (Lipinski definition) is 2. The Morgan fingerprint density at radius 2 is 1.70 bits per heavy atom. The standard InChI is InChI=1S/C40H62N2O8/c1-23-17-26(19-42(24(2)43)20-31(45)46)49-34-33(23)37(5)13-14-40-22-39(40)12-11-29(36(3,4)27(39)9-10-28(40)38(37,6)35(34)47)50-32-21-41(15-16-48-32)30(44)18-25-7-8-25/h23,25-29,32-35,47H,7-22H2,1-6H3,(H,45,46)/t23-,26?,27?,28?,29+,32+,33+,34?,35+,37-,38-,39-,40?/m1/s1. The number of aliphatic hydroxyl groups is 1. The number of fused-ring (bicyclic) bond motifs is 4. The first-order valence-corrected chi connectivity index (χ1v) is 19.9. The van der Waals surface area contributed by atoms with Crippen LogP contribution in [0.5, 0.6) is 0 Å². The van der Waals surface area contributed by atoms with Gasteiger partial charge in [-0.05, 0) is 115 Å². The van der Waals surface area contributed by atoms with Gasteiger partial charge in [-0.3, -0.25) is 14.4 Å². The monoisotopic (exact) mass is 698 g/mol. The first kappa shape index (κ1) is 35.3. The fourth-order valence-electron chi connectivity index (χ4n) is 14.3. The molecule has 50 heavy (non-hydrogen) atoms. The third kappa shape index (κ3) is 5.03. The zero-order valence-electron chi connectivity index (χ0n) is 31.3. The molecular weight excluding hydrogens is 636 g/mol. The number of morpholine rings is 1. The number of aliphatic hydroxyl groups excluding tert-OH is 1. The highest BCUT2D eigenvalue weighted by molar-refractivity contribution is 5.79. The van der Waals surface area contributed by atoms with Gasteiger partial charge in [0.15, 0.2) is 6.29 Å². The summed E-state index contributed by atoms with van der Waals surface area (Å²) in [6.07, 6.45) is 10.2. The van der Waals surface area contributed by atoms with E-state index in [4.69, 9.17) is 14.2 Å². The van der Waals surface area contributed by atoms with E-state index >= 15 is 0 Å². The molecule has 2 amide bonds. The highest BCUT2D eigenvalue weighted by Gasteiger charge is 2.84. The molecule has 0 radical (unpaired) electrons. The smallest absolute Gasteiger partial charge is 0.323 e. The molecule has 0 aromatic carbocycles. The lowest BCUT2D eigenvalue weighted by atomic mass is 9.41. The molecule has 10 heteroatoms. The van der Waals surface area contributed by atoms with Gasteiger partial charge in [0.25, 0.3) is 0 Å². The highest BCUT2D eigenvalue weighted by atomic mass is 16.7. The molecule has 8 aliphatic rings. The van der Waals surface area contributed by atoms with Gasteiger partial charge in [-0.25, -0.2) is 0 Å². The second-order valence-electron chi connectivity index (χ2n) is 19.3. The topological polar surface area (TPSA) is 126 Å². The molecule has 8 rings (SSSR count). The van der Waals surface area contributed by atoms with Crippen molar-refractivity contribution in [1.82, 2.24) is 9.80 Å². The van der Waals surface area contributed by atoms with Crippen LogP contribution in [0.25, 0.3) is 0 Å². The second-order valence-corrected chi connectivity index (χ2v) is 19.3. The number of carboxylic acids is 1. The van der Waals surface area contributed by atoms with E-state index in [2.05, 4.69) is 34.6 Å². The molecule has 13 atom stereocenters. The van der Waals surface area contributed by atoms with Crippen LogP contribution < -0.4 is 0 Å². The van der Waals surface area contributed by atoms with E-state index in [1.165, 1.54) is 37.5 Å². The third-order valence-electron chi connectivity index (χ3n) is 16.9. The number of hydrogen-bond acceptors (Lipinski definition) is 7. The molecule has 280 valence electrons. The minimum Gasteiger partial charge on any atom is -0.480 e. The Morgan fingerprint density at radius 1 is 0.980 bits per heavy atom. The average molecular weight is 699 g/mol. The number of carbonyl (C=O) groups excluding carboxylic acids is 2. The summed E-state index contributed by atoms with van der Waals surface area (Å²) in [5, 5.41) is 21.9. The summed E-state index contributed by atoms with van der Waals surface area (Å²) < 4.78 is 19.7. The second kappa shape index (κ2) is 11.9. The molecule has 2 saturated heterocycles. The normalized spacial score (nSPS) is 48.7. The van der Waals surface area contributed by atoms with Crippen LogP contribution in [0.1, 0.15) is 112 Å². The third-order valence-corrected chi connectivity index (χ3v) is 16.9. The average Bonchev–Trinajstić information content (AvgIpc) is 3.97. The maximum absolute atomic E-state index is 12.9. The van der Waals surface area contributed by atoms with E-state index in [1.807, 2.05) is 4.90 Å². The van der Waals surface area contributed by atoms with Crippen molar-refractivity contribution in [3.8, 4) is 0 Å². The number of carbonyl (C=O) groups is 3. The summed E-state index contributed by atoms with van der Waals surface area (Å²) >= 11 is 0. The van der Waals surface area contributed by atoms with Crippen LogP contribution in [0.2, 0.25) is 0 Å². The molecule has 6 aliphatic carbocycles. The zero-order chi connectivity index (χ0) is 35.6. The number of aliphatic carboxylic acids is 1. The number of ether oxygens (including phenoxy) is 3. The van der Waals surface area contributed by atoms with Crippen molar-refractivity contribution < 1.29 is 38.8 Å². The molecule has 0 aromatic heterocycles. The van der Waals surface area contributed by atoms with Crippen molar-refractivity contribution in [3.63, 3.8) is 0 Å². The maximum Gasteiger partial charge on any atom is 0.323 e. The molecule has 2 spiro atoms. The van der Waals surface area contributed by atoms with Crippen LogP contribution in [0, 0.1) is 56.7 Å². The Labute approximate surface area is 298 Å². The van der Waals surface area contributed by atoms with Gasteiger partial charge in [-0.15, -0.1) is 0 Å². The highest BCUT2D eigenvalue weighted by Crippen LogP contribution is 2.89. The van der Waals surface area contributed by atoms with Crippen LogP contribution in [0.15, 0.2) is 0 Å². The summed E-state index contributed by atoms with van der Waals surface area (Å²) in [6, 6.07) is 0. The molecule has 0 aromatic rings. The van der Waals surface area contributed by atoms with E-state index < -0.39 is 12.1 Å². The first-order valence-electron chi connectivity index (χ1n) is 19.9. The number of carboxylic acid groups (broad SMARTS) is 1. The lowest BCUT2D eigenvalue weighted by molar-refractivity contribution is -0.248. The maximum atomic E-state index is 12.9. The molecule has 2 heterocycles. The minimum absolute atomic E-state index is 0.0241. The van der Waals surface area contributed by atoms with Crippen LogP contribution in [-0.4, -0.2) is 101 Å². The van der Waals surface area contributed by atoms with Gasteiger partial charge >= 0.3 is 5.97 Å². The van der Waals surface area contributed by atoms with E-state index in [1.54, 1.807) is 0 Å². The lowest BCUT2D eigenvalue weighted by Crippen LogP contribution is -2.60. The summed E-state index contributed by atoms with van der Waals surface area (Å²) in [7, 11) is 0. The Hall–Kier alpha value is -1.75. The fourth-order valence-corrected chi connectivity index (χ4v) is 14.3. The van der Waals surface area contributed by atoms with Gasteiger partial charge in [0.1, 0.15) is 6.54 Å². The van der Waals surface area contributed by atoms with E-state index in [-0.39, 0.29) is 82.5 Å². The molecule has 0 bridgehead atoms. The van der Waals surface area contributed by atoms with Crippen LogP contribution in [0.4, 0.5) is 0 Å². The predicted octanol–water partition coefficient (Wildman–Crippen LogP) is 5.10. The quantitative estimate of drug-likeness (QED) is 0.359. The number of nitrogens with zero attached hydrogens (tertiary/aromatic N) is 2. The molecule has 8 fully saturated rings. The summed E-state index contributed by atoms with van der Waals surface area (Å²) in [6.45, 7) is 15.0. The zero-order valence-corrected chi connectivity index (χ0v) is 31.3. The van der Waals surface area contributed by atoms with Gasteiger partial charge in [0.2, 0.25) is 11.8 Å². The molecule has 5 unspecified atom stereocenters. The van der Waals surface area contributed by atoms with Crippen molar-refractivity contribution in [1.29, 1.82) is 0 Å². The summed E-state index contributed by atoms with van der Waals surface area (Å²) in [5.74, 6) is 1.02. The summed E-state index contributed by atoms with van der Waals surface area (Å²) in [5.41, 5.74) is 0.119. The van der Waals surface area contributed by atoms with E-state index in [9.17, 15) is 24.6 Å². The van der Waals surface area contributed by atoms with Crippen molar-refractivity contribution >= 4 is 17.8 Å². The molecule has 2 aliphatic heterocycles.